The number of allylic oxidation sites excluding steroid dienone is 7. The molecule has 0 N–H and O–H groups in total. The molecule has 0 aliphatic carbocycles. The van der Waals surface area contributed by atoms with Crippen LogP contribution in [0.3, 0.4) is 0 Å². The third-order valence-electron chi connectivity index (χ3n) is 2.30. The van der Waals surface area contributed by atoms with Crippen LogP contribution in [0.2, 0.25) is 0 Å². The van der Waals surface area contributed by atoms with Gasteiger partial charge in [-0.05, 0) is 51.3 Å². The van der Waals surface area contributed by atoms with Crippen LogP contribution in [0.15, 0.2) is 47.1 Å². The summed E-state index contributed by atoms with van der Waals surface area (Å²) in [7, 11) is 0. The lowest BCUT2D eigenvalue weighted by molar-refractivity contribution is 1.22. The van der Waals surface area contributed by atoms with Crippen molar-refractivity contribution in [3.8, 4) is 0 Å². The average Bonchev–Trinajstić information content (AvgIpc) is 2.11. The van der Waals surface area contributed by atoms with Crippen LogP contribution in [-0.4, -0.2) is 0 Å². The molecule has 0 amide bonds. The minimum Gasteiger partial charge on any atom is -0.0990 e. The molecule has 0 aliphatic heterocycles. The van der Waals surface area contributed by atoms with E-state index >= 15 is 0 Å². The van der Waals surface area contributed by atoms with Gasteiger partial charge in [0.15, 0.2) is 0 Å². The van der Waals surface area contributed by atoms with Gasteiger partial charge < -0.3 is 0 Å². The van der Waals surface area contributed by atoms with Gasteiger partial charge >= 0.3 is 0 Å². The van der Waals surface area contributed by atoms with Gasteiger partial charge in [-0.3, -0.25) is 0 Å². The molecule has 0 heteroatoms. The minimum absolute atomic E-state index is 1.29. The van der Waals surface area contributed by atoms with E-state index in [-0.39, 0.29) is 0 Å². The third kappa shape index (κ3) is 3.45. The topological polar surface area (TPSA) is 0 Å². The van der Waals surface area contributed by atoms with Crippen molar-refractivity contribution < 1.29 is 0 Å². The lowest BCUT2D eigenvalue weighted by Gasteiger charge is -2.09. The maximum absolute atomic E-state index is 3.73. The Morgan fingerprint density at radius 1 is 1.08 bits per heavy atom. The Morgan fingerprint density at radius 3 is 1.92 bits per heavy atom. The summed E-state index contributed by atoms with van der Waals surface area (Å²) in [6.07, 6.45) is 6.04. The molecule has 0 aromatic rings. The lowest BCUT2D eigenvalue weighted by atomic mass is 9.96. The van der Waals surface area contributed by atoms with Crippen molar-refractivity contribution in [3.05, 3.63) is 47.1 Å². The molecule has 0 atom stereocenters. The highest BCUT2D eigenvalue weighted by molar-refractivity contribution is 5.47. The summed E-state index contributed by atoms with van der Waals surface area (Å²) < 4.78 is 0. The van der Waals surface area contributed by atoms with Gasteiger partial charge in [-0.15, -0.1) is 0 Å². The van der Waals surface area contributed by atoms with Crippen LogP contribution in [0, 0.1) is 0 Å². The molecule has 0 rings (SSSR count). The van der Waals surface area contributed by atoms with E-state index in [2.05, 4.69) is 53.3 Å². The molecule has 0 unspecified atom stereocenters. The van der Waals surface area contributed by atoms with Gasteiger partial charge in [0.25, 0.3) is 0 Å². The van der Waals surface area contributed by atoms with E-state index in [4.69, 9.17) is 0 Å². The van der Waals surface area contributed by atoms with Crippen LogP contribution in [0.5, 0.6) is 0 Å². The minimum atomic E-state index is 1.29. The highest BCUT2D eigenvalue weighted by Gasteiger charge is 2.01. The first kappa shape index (κ1) is 12.0. The zero-order valence-corrected chi connectivity index (χ0v) is 9.44. The summed E-state index contributed by atoms with van der Waals surface area (Å²) >= 11 is 0. The van der Waals surface area contributed by atoms with E-state index < -0.39 is 0 Å². The molecule has 72 valence electrons. The Kier molecular flexibility index (Phi) is 5.13. The molecule has 0 aromatic carbocycles. The fraction of sp³-hybridized carbons (Fsp3) is 0.385. The van der Waals surface area contributed by atoms with Gasteiger partial charge in [-0.1, -0.05) is 30.4 Å². The Balaban J connectivity index is 5.19. The molecule has 13 heavy (non-hydrogen) atoms. The van der Waals surface area contributed by atoms with Crippen LogP contribution < -0.4 is 0 Å². The summed E-state index contributed by atoms with van der Waals surface area (Å²) in [5.74, 6) is 0. The molecule has 0 saturated heterocycles. The maximum Gasteiger partial charge on any atom is -0.0202 e. The van der Waals surface area contributed by atoms with Crippen molar-refractivity contribution in [2.45, 2.75) is 34.6 Å². The second kappa shape index (κ2) is 5.58. The summed E-state index contributed by atoms with van der Waals surface area (Å²) in [5, 5.41) is 0. The Bertz CT molecular complexity index is 268. The molecule has 0 bridgehead atoms. The van der Waals surface area contributed by atoms with Gasteiger partial charge in [-0.2, -0.15) is 0 Å². The van der Waals surface area contributed by atoms with E-state index in [1.807, 2.05) is 6.08 Å². The molecular weight excluding hydrogens is 156 g/mol. The van der Waals surface area contributed by atoms with Crippen molar-refractivity contribution in [2.75, 3.05) is 0 Å². The predicted molar refractivity (Wildman–Crippen MR) is 61.8 cm³/mol. The molecule has 0 aromatic heterocycles. The van der Waals surface area contributed by atoms with E-state index in [0.717, 1.165) is 0 Å². The van der Waals surface area contributed by atoms with Crippen LogP contribution >= 0.6 is 0 Å². The zero-order chi connectivity index (χ0) is 10.4. The lowest BCUT2D eigenvalue weighted by Crippen LogP contribution is -1.90. The molecule has 0 heterocycles. The summed E-state index contributed by atoms with van der Waals surface area (Å²) in [6.45, 7) is 14.3. The average molecular weight is 176 g/mol. The second-order valence-corrected chi connectivity index (χ2v) is 3.41. The summed E-state index contributed by atoms with van der Waals surface area (Å²) in [6, 6.07) is 0. The van der Waals surface area contributed by atoms with Crippen LogP contribution in [0.1, 0.15) is 34.6 Å². The monoisotopic (exact) mass is 176 g/mol. The highest BCUT2D eigenvalue weighted by atomic mass is 14.1. The van der Waals surface area contributed by atoms with E-state index in [1.165, 1.54) is 22.3 Å². The summed E-state index contributed by atoms with van der Waals surface area (Å²) in [5.41, 5.74) is 5.29. The van der Waals surface area contributed by atoms with E-state index in [1.54, 1.807) is 0 Å². The van der Waals surface area contributed by atoms with Crippen LogP contribution in [-0.2, 0) is 0 Å². The quantitative estimate of drug-likeness (QED) is 0.558. The van der Waals surface area contributed by atoms with E-state index in [9.17, 15) is 0 Å². The molecule has 0 spiro atoms. The fourth-order valence-electron chi connectivity index (χ4n) is 1.09. The number of hydrogen-bond donors (Lipinski definition) is 0. The van der Waals surface area contributed by atoms with Crippen molar-refractivity contribution in [1.29, 1.82) is 0 Å². The Labute approximate surface area is 82.4 Å². The van der Waals surface area contributed by atoms with E-state index in [0.29, 0.717) is 0 Å². The zero-order valence-electron chi connectivity index (χ0n) is 9.44. The van der Waals surface area contributed by atoms with Crippen molar-refractivity contribution in [2.24, 2.45) is 0 Å². The van der Waals surface area contributed by atoms with Crippen molar-refractivity contribution >= 4 is 0 Å². The van der Waals surface area contributed by atoms with Gasteiger partial charge in [0, 0.05) is 0 Å². The first-order valence-electron chi connectivity index (χ1n) is 4.65. The third-order valence-corrected chi connectivity index (χ3v) is 2.30. The highest BCUT2D eigenvalue weighted by Crippen LogP contribution is 2.21. The Morgan fingerprint density at radius 2 is 1.62 bits per heavy atom. The SMILES string of the molecule is C=C/C=C(C(C)=C(C)C)\C(C)=C/C. The Hall–Kier alpha value is -1.04. The first-order valence-corrected chi connectivity index (χ1v) is 4.65. The van der Waals surface area contributed by atoms with Crippen molar-refractivity contribution in [1.82, 2.24) is 0 Å². The largest absolute Gasteiger partial charge is 0.0990 e. The number of hydrogen-bond acceptors (Lipinski definition) is 0. The van der Waals surface area contributed by atoms with Gasteiger partial charge in [0.2, 0.25) is 0 Å². The van der Waals surface area contributed by atoms with Crippen LogP contribution in [0.25, 0.3) is 0 Å². The first-order chi connectivity index (χ1) is 6.04. The molecule has 0 fully saturated rings. The second-order valence-electron chi connectivity index (χ2n) is 3.41. The molecule has 0 nitrogen and oxygen atoms in total. The molecule has 0 saturated carbocycles. The van der Waals surface area contributed by atoms with Gasteiger partial charge in [0.05, 0.1) is 0 Å². The molecule has 0 radical (unpaired) electrons. The standard InChI is InChI=1S/C13H20/c1-7-9-13(11(5)8-2)12(6)10(3)4/h7-9H,1H2,2-6H3/b11-8-,13-9+. The smallest absolute Gasteiger partial charge is 0.0202 e. The maximum atomic E-state index is 3.73. The molecular formula is C13H20. The van der Waals surface area contributed by atoms with Crippen LogP contribution in [0.4, 0.5) is 0 Å². The predicted octanol–water partition coefficient (Wildman–Crippen LogP) is 4.42. The summed E-state index contributed by atoms with van der Waals surface area (Å²) in [4.78, 5) is 0. The van der Waals surface area contributed by atoms with Gasteiger partial charge in [-0.25, -0.2) is 0 Å². The normalized spacial score (nSPS) is 12.7. The van der Waals surface area contributed by atoms with Gasteiger partial charge in [0.1, 0.15) is 0 Å². The van der Waals surface area contributed by atoms with Crippen molar-refractivity contribution in [3.63, 3.8) is 0 Å². The molecule has 0 aliphatic rings. The number of rotatable bonds is 3. The fourth-order valence-corrected chi connectivity index (χ4v) is 1.09.